The van der Waals surface area contributed by atoms with Crippen LogP contribution in [-0.2, 0) is 23.8 Å². The van der Waals surface area contributed by atoms with Gasteiger partial charge < -0.3 is 14.2 Å². The molecule has 108 valence electrons. The van der Waals surface area contributed by atoms with Gasteiger partial charge in [0, 0.05) is 6.61 Å². The monoisotopic (exact) mass is 270 g/mol. The van der Waals surface area contributed by atoms with Gasteiger partial charge in [-0.2, -0.15) is 0 Å². The molecule has 2 aliphatic rings. The van der Waals surface area contributed by atoms with Gasteiger partial charge >= 0.3 is 11.9 Å². The molecule has 0 aromatic carbocycles. The maximum Gasteiger partial charge on any atom is 0.326 e. The van der Waals surface area contributed by atoms with Crippen molar-refractivity contribution in [2.45, 2.75) is 50.5 Å². The SMILES string of the molecule is COC(=O)C1(C(=O)OC)CCCCC12CCCCO2. The summed E-state index contributed by atoms with van der Waals surface area (Å²) in [5, 5.41) is 0. The van der Waals surface area contributed by atoms with Gasteiger partial charge in [-0.3, -0.25) is 9.59 Å². The summed E-state index contributed by atoms with van der Waals surface area (Å²) in [6.07, 6.45) is 5.61. The highest BCUT2D eigenvalue weighted by Gasteiger charge is 2.65. The van der Waals surface area contributed by atoms with Gasteiger partial charge in [0.2, 0.25) is 0 Å². The van der Waals surface area contributed by atoms with Crippen LogP contribution in [0.2, 0.25) is 0 Å². The van der Waals surface area contributed by atoms with E-state index in [1.807, 2.05) is 0 Å². The summed E-state index contributed by atoms with van der Waals surface area (Å²) in [4.78, 5) is 24.7. The van der Waals surface area contributed by atoms with E-state index in [4.69, 9.17) is 14.2 Å². The maximum absolute atomic E-state index is 12.4. The Kier molecular flexibility index (Phi) is 4.13. The minimum atomic E-state index is -1.28. The number of carbonyl (C=O) groups excluding carboxylic acids is 2. The molecule has 0 N–H and O–H groups in total. The van der Waals surface area contributed by atoms with E-state index in [0.717, 1.165) is 38.5 Å². The van der Waals surface area contributed by atoms with E-state index in [9.17, 15) is 9.59 Å². The summed E-state index contributed by atoms with van der Waals surface area (Å²) in [7, 11) is 2.64. The number of rotatable bonds is 2. The summed E-state index contributed by atoms with van der Waals surface area (Å²) in [5.41, 5.74) is -2.02. The average Bonchev–Trinajstić information content (AvgIpc) is 2.47. The zero-order chi connectivity index (χ0) is 13.9. The van der Waals surface area contributed by atoms with Gasteiger partial charge in [0.25, 0.3) is 0 Å². The molecular weight excluding hydrogens is 248 g/mol. The fraction of sp³-hybridized carbons (Fsp3) is 0.857. The number of hydrogen-bond acceptors (Lipinski definition) is 5. The second-order valence-corrected chi connectivity index (χ2v) is 5.40. The zero-order valence-corrected chi connectivity index (χ0v) is 11.7. The van der Waals surface area contributed by atoms with Crippen molar-refractivity contribution in [3.63, 3.8) is 0 Å². The van der Waals surface area contributed by atoms with Gasteiger partial charge in [0.15, 0.2) is 5.41 Å². The highest BCUT2D eigenvalue weighted by Crippen LogP contribution is 2.52. The van der Waals surface area contributed by atoms with Crippen LogP contribution in [0.1, 0.15) is 44.9 Å². The Hall–Kier alpha value is -1.10. The molecule has 0 radical (unpaired) electrons. The minimum absolute atomic E-state index is 0.451. The Morgan fingerprint density at radius 2 is 1.42 bits per heavy atom. The fourth-order valence-electron chi connectivity index (χ4n) is 3.64. The molecule has 0 aromatic heterocycles. The van der Waals surface area contributed by atoms with E-state index in [2.05, 4.69) is 0 Å². The molecule has 2 rings (SSSR count). The summed E-state index contributed by atoms with van der Waals surface area (Å²) >= 11 is 0. The summed E-state index contributed by atoms with van der Waals surface area (Å²) in [5.74, 6) is -1.03. The predicted octanol–water partition coefficient (Wildman–Crippen LogP) is 1.83. The predicted molar refractivity (Wildman–Crippen MR) is 67.5 cm³/mol. The highest BCUT2D eigenvalue weighted by atomic mass is 16.6. The van der Waals surface area contributed by atoms with Gasteiger partial charge in [0.05, 0.1) is 19.8 Å². The van der Waals surface area contributed by atoms with Gasteiger partial charge in [-0.05, 0) is 32.1 Å². The van der Waals surface area contributed by atoms with Gasteiger partial charge in [-0.1, -0.05) is 12.8 Å². The van der Waals surface area contributed by atoms with Crippen LogP contribution in [-0.4, -0.2) is 38.4 Å². The average molecular weight is 270 g/mol. The van der Waals surface area contributed by atoms with E-state index < -0.39 is 23.0 Å². The Morgan fingerprint density at radius 1 is 0.895 bits per heavy atom. The van der Waals surface area contributed by atoms with Crippen LogP contribution in [0.25, 0.3) is 0 Å². The summed E-state index contributed by atoms with van der Waals surface area (Å²) in [6, 6.07) is 0. The third kappa shape index (κ3) is 2.04. The van der Waals surface area contributed by atoms with Crippen LogP contribution in [0, 0.1) is 5.41 Å². The van der Waals surface area contributed by atoms with Crippen molar-refractivity contribution >= 4 is 11.9 Å². The van der Waals surface area contributed by atoms with Gasteiger partial charge in [-0.15, -0.1) is 0 Å². The molecule has 19 heavy (non-hydrogen) atoms. The molecule has 1 atom stereocenters. The van der Waals surface area contributed by atoms with E-state index in [0.29, 0.717) is 13.0 Å². The summed E-state index contributed by atoms with van der Waals surface area (Å²) < 4.78 is 15.8. The van der Waals surface area contributed by atoms with Crippen molar-refractivity contribution in [2.24, 2.45) is 5.41 Å². The van der Waals surface area contributed by atoms with Crippen molar-refractivity contribution in [2.75, 3.05) is 20.8 Å². The molecule has 2 fully saturated rings. The molecule has 5 heteroatoms. The van der Waals surface area contributed by atoms with Gasteiger partial charge in [0.1, 0.15) is 0 Å². The van der Waals surface area contributed by atoms with Gasteiger partial charge in [-0.25, -0.2) is 0 Å². The van der Waals surface area contributed by atoms with Crippen molar-refractivity contribution < 1.29 is 23.8 Å². The quantitative estimate of drug-likeness (QED) is 0.566. The normalized spacial score (nSPS) is 29.8. The van der Waals surface area contributed by atoms with E-state index >= 15 is 0 Å². The molecule has 1 aliphatic heterocycles. The molecular formula is C14H22O5. The lowest BCUT2D eigenvalue weighted by Gasteiger charge is -2.50. The maximum atomic E-state index is 12.4. The smallest absolute Gasteiger partial charge is 0.326 e. The number of hydrogen-bond donors (Lipinski definition) is 0. The first-order valence-corrected chi connectivity index (χ1v) is 6.94. The molecule has 0 aromatic rings. The lowest BCUT2D eigenvalue weighted by molar-refractivity contribution is -0.216. The molecule has 1 saturated carbocycles. The minimum Gasteiger partial charge on any atom is -0.468 e. The van der Waals surface area contributed by atoms with Crippen LogP contribution in [0.5, 0.6) is 0 Å². The number of carbonyl (C=O) groups is 2. The van der Waals surface area contributed by atoms with Crippen molar-refractivity contribution in [1.29, 1.82) is 0 Å². The lowest BCUT2D eigenvalue weighted by atomic mass is 9.60. The van der Waals surface area contributed by atoms with Crippen LogP contribution in [0.4, 0.5) is 0 Å². The number of methoxy groups -OCH3 is 2. The summed E-state index contributed by atoms with van der Waals surface area (Å²) in [6.45, 7) is 0.593. The standard InChI is InChI=1S/C14H22O5/c1-17-11(15)14(12(16)18-2)9-4-3-7-13(14)8-5-6-10-19-13/h3-10H2,1-2H3. The van der Waals surface area contributed by atoms with E-state index in [-0.39, 0.29) is 0 Å². The van der Waals surface area contributed by atoms with Crippen LogP contribution in [0.15, 0.2) is 0 Å². The highest BCUT2D eigenvalue weighted by molar-refractivity contribution is 6.01. The van der Waals surface area contributed by atoms with Crippen LogP contribution in [0.3, 0.4) is 0 Å². The third-order valence-electron chi connectivity index (χ3n) is 4.58. The van der Waals surface area contributed by atoms with Crippen LogP contribution >= 0.6 is 0 Å². The number of esters is 2. The van der Waals surface area contributed by atoms with E-state index in [1.54, 1.807) is 0 Å². The van der Waals surface area contributed by atoms with Crippen molar-refractivity contribution in [1.82, 2.24) is 0 Å². The van der Waals surface area contributed by atoms with E-state index in [1.165, 1.54) is 14.2 Å². The zero-order valence-electron chi connectivity index (χ0n) is 11.7. The second kappa shape index (κ2) is 5.49. The largest absolute Gasteiger partial charge is 0.468 e. The second-order valence-electron chi connectivity index (χ2n) is 5.40. The molecule has 5 nitrogen and oxygen atoms in total. The Labute approximate surface area is 113 Å². The molecule has 0 amide bonds. The fourth-order valence-corrected chi connectivity index (χ4v) is 3.64. The number of ether oxygens (including phenoxy) is 3. The third-order valence-corrected chi connectivity index (χ3v) is 4.58. The molecule has 1 spiro atoms. The Bertz CT molecular complexity index is 333. The lowest BCUT2D eigenvalue weighted by Crippen LogP contribution is -2.62. The Balaban J connectivity index is 2.46. The van der Waals surface area contributed by atoms with Crippen molar-refractivity contribution in [3.8, 4) is 0 Å². The molecule has 1 unspecified atom stereocenters. The molecule has 1 saturated heterocycles. The topological polar surface area (TPSA) is 61.8 Å². The molecule has 0 bridgehead atoms. The van der Waals surface area contributed by atoms with Crippen molar-refractivity contribution in [3.05, 3.63) is 0 Å². The molecule has 1 heterocycles. The Morgan fingerprint density at radius 3 is 1.95 bits per heavy atom. The van der Waals surface area contributed by atoms with Crippen LogP contribution < -0.4 is 0 Å². The first kappa shape index (κ1) is 14.3. The first-order chi connectivity index (χ1) is 9.13. The first-order valence-electron chi connectivity index (χ1n) is 6.94. The molecule has 1 aliphatic carbocycles.